The molecule has 0 aliphatic rings. The fraction of sp³-hybridized carbons (Fsp3) is 0.300. The molecular weight excluding hydrogens is 218 g/mol. The Morgan fingerprint density at radius 1 is 1.47 bits per heavy atom. The zero-order chi connectivity index (χ0) is 10.6. The third-order valence-corrected chi connectivity index (χ3v) is 1.77. The Morgan fingerprint density at radius 3 is 2.47 bits per heavy atom. The number of carboxylic acid groups (broad SMARTS) is 1. The SMILES string of the molecule is CC(N)(COc1ccccc1)C(=O)O.Cl. The molecule has 0 fully saturated rings. The molecule has 0 aliphatic carbocycles. The van der Waals surface area contributed by atoms with Crippen LogP contribution in [-0.4, -0.2) is 23.2 Å². The number of hydrogen-bond acceptors (Lipinski definition) is 3. The maximum Gasteiger partial charge on any atom is 0.326 e. The van der Waals surface area contributed by atoms with Crippen LogP contribution in [0.2, 0.25) is 0 Å². The molecule has 0 bridgehead atoms. The number of aliphatic carboxylic acids is 1. The Labute approximate surface area is 94.5 Å². The smallest absolute Gasteiger partial charge is 0.326 e. The molecule has 84 valence electrons. The van der Waals surface area contributed by atoms with E-state index < -0.39 is 11.5 Å². The van der Waals surface area contributed by atoms with E-state index in [1.807, 2.05) is 18.2 Å². The average Bonchev–Trinajstić information content (AvgIpc) is 2.16. The van der Waals surface area contributed by atoms with Gasteiger partial charge >= 0.3 is 5.97 Å². The molecule has 0 aliphatic heterocycles. The van der Waals surface area contributed by atoms with E-state index in [0.717, 1.165) is 0 Å². The predicted octanol–water partition coefficient (Wildman–Crippen LogP) is 1.29. The highest BCUT2D eigenvalue weighted by molar-refractivity contribution is 5.85. The molecule has 15 heavy (non-hydrogen) atoms. The van der Waals surface area contributed by atoms with Crippen LogP contribution in [0, 0.1) is 0 Å². The Morgan fingerprint density at radius 2 is 2.00 bits per heavy atom. The van der Waals surface area contributed by atoms with E-state index in [4.69, 9.17) is 15.6 Å². The lowest BCUT2D eigenvalue weighted by molar-refractivity contribution is -0.143. The van der Waals surface area contributed by atoms with Gasteiger partial charge in [0, 0.05) is 0 Å². The number of carbonyl (C=O) groups is 1. The second-order valence-electron chi connectivity index (χ2n) is 3.32. The molecule has 5 heteroatoms. The minimum atomic E-state index is -1.35. The van der Waals surface area contributed by atoms with Gasteiger partial charge in [0.05, 0.1) is 0 Å². The van der Waals surface area contributed by atoms with Crippen molar-refractivity contribution in [2.24, 2.45) is 5.73 Å². The first kappa shape index (κ1) is 13.7. The van der Waals surface area contributed by atoms with Gasteiger partial charge in [-0.15, -0.1) is 12.4 Å². The first-order valence-electron chi connectivity index (χ1n) is 4.22. The summed E-state index contributed by atoms with van der Waals surface area (Å²) in [5, 5.41) is 8.71. The zero-order valence-corrected chi connectivity index (χ0v) is 9.16. The Hall–Kier alpha value is -1.26. The lowest BCUT2D eigenvalue weighted by Crippen LogP contribution is -2.49. The monoisotopic (exact) mass is 231 g/mol. The van der Waals surface area contributed by atoms with Crippen molar-refractivity contribution in [2.75, 3.05) is 6.61 Å². The third kappa shape index (κ3) is 4.18. The van der Waals surface area contributed by atoms with Crippen molar-refractivity contribution in [1.29, 1.82) is 0 Å². The molecule has 0 amide bonds. The topological polar surface area (TPSA) is 72.5 Å². The van der Waals surface area contributed by atoms with Crippen molar-refractivity contribution in [1.82, 2.24) is 0 Å². The normalized spacial score (nSPS) is 13.5. The van der Waals surface area contributed by atoms with Gasteiger partial charge in [-0.25, -0.2) is 0 Å². The molecular formula is C10H14ClNO3. The molecule has 0 aromatic heterocycles. The van der Waals surface area contributed by atoms with Crippen molar-refractivity contribution >= 4 is 18.4 Å². The van der Waals surface area contributed by atoms with Crippen LogP contribution in [0.3, 0.4) is 0 Å². The summed E-state index contributed by atoms with van der Waals surface area (Å²) in [7, 11) is 0. The van der Waals surface area contributed by atoms with Crippen LogP contribution in [0.15, 0.2) is 30.3 Å². The molecule has 0 spiro atoms. The van der Waals surface area contributed by atoms with Crippen molar-refractivity contribution in [2.45, 2.75) is 12.5 Å². The molecule has 1 aromatic rings. The average molecular weight is 232 g/mol. The number of carboxylic acids is 1. The zero-order valence-electron chi connectivity index (χ0n) is 8.34. The van der Waals surface area contributed by atoms with Gasteiger partial charge in [0.15, 0.2) is 0 Å². The van der Waals surface area contributed by atoms with E-state index in [9.17, 15) is 4.79 Å². The first-order valence-corrected chi connectivity index (χ1v) is 4.22. The molecule has 4 nitrogen and oxygen atoms in total. The van der Waals surface area contributed by atoms with Crippen LogP contribution in [0.25, 0.3) is 0 Å². The maximum absolute atomic E-state index is 10.6. The van der Waals surface area contributed by atoms with Crippen LogP contribution in [-0.2, 0) is 4.79 Å². The summed E-state index contributed by atoms with van der Waals surface area (Å²) in [6.07, 6.45) is 0. The highest BCUT2D eigenvalue weighted by Crippen LogP contribution is 2.10. The van der Waals surface area contributed by atoms with E-state index in [0.29, 0.717) is 5.75 Å². The molecule has 1 aromatic carbocycles. The van der Waals surface area contributed by atoms with Crippen molar-refractivity contribution < 1.29 is 14.6 Å². The summed E-state index contributed by atoms with van der Waals surface area (Å²) in [6.45, 7) is 1.37. The van der Waals surface area contributed by atoms with Crippen LogP contribution < -0.4 is 10.5 Å². The standard InChI is InChI=1S/C10H13NO3.ClH/c1-10(11,9(12)13)7-14-8-5-3-2-4-6-8;/h2-6H,7,11H2,1H3,(H,12,13);1H. The van der Waals surface area contributed by atoms with Crippen LogP contribution in [0.1, 0.15) is 6.92 Å². The Kier molecular flexibility index (Phi) is 5.11. The highest BCUT2D eigenvalue weighted by atomic mass is 35.5. The Balaban J connectivity index is 0.00000196. The fourth-order valence-corrected chi connectivity index (χ4v) is 0.812. The fourth-order valence-electron chi connectivity index (χ4n) is 0.812. The molecule has 0 saturated carbocycles. The summed E-state index contributed by atoms with van der Waals surface area (Å²) < 4.78 is 5.23. The van der Waals surface area contributed by atoms with Crippen LogP contribution in [0.4, 0.5) is 0 Å². The van der Waals surface area contributed by atoms with E-state index in [1.54, 1.807) is 12.1 Å². The number of para-hydroxylation sites is 1. The molecule has 1 atom stereocenters. The van der Waals surface area contributed by atoms with Crippen molar-refractivity contribution in [3.63, 3.8) is 0 Å². The van der Waals surface area contributed by atoms with Crippen molar-refractivity contribution in [3.05, 3.63) is 30.3 Å². The quantitative estimate of drug-likeness (QED) is 0.819. The molecule has 0 radical (unpaired) electrons. The van der Waals surface area contributed by atoms with E-state index in [-0.39, 0.29) is 19.0 Å². The highest BCUT2D eigenvalue weighted by Gasteiger charge is 2.28. The summed E-state index contributed by atoms with van der Waals surface area (Å²) in [5.74, 6) is -0.459. The third-order valence-electron chi connectivity index (χ3n) is 1.77. The molecule has 0 heterocycles. The lowest BCUT2D eigenvalue weighted by atomic mass is 10.1. The van der Waals surface area contributed by atoms with E-state index in [2.05, 4.69) is 0 Å². The van der Waals surface area contributed by atoms with Gasteiger partial charge in [-0.2, -0.15) is 0 Å². The number of hydrogen-bond donors (Lipinski definition) is 2. The largest absolute Gasteiger partial charge is 0.491 e. The second kappa shape index (κ2) is 5.58. The predicted molar refractivity (Wildman–Crippen MR) is 59.4 cm³/mol. The number of benzene rings is 1. The molecule has 1 unspecified atom stereocenters. The van der Waals surface area contributed by atoms with Crippen LogP contribution >= 0.6 is 12.4 Å². The van der Waals surface area contributed by atoms with Gasteiger partial charge in [-0.3, -0.25) is 4.79 Å². The minimum absolute atomic E-state index is 0. The van der Waals surface area contributed by atoms with E-state index in [1.165, 1.54) is 6.92 Å². The van der Waals surface area contributed by atoms with Gasteiger partial charge < -0.3 is 15.6 Å². The van der Waals surface area contributed by atoms with Gasteiger partial charge in [0.2, 0.25) is 0 Å². The minimum Gasteiger partial charge on any atom is -0.491 e. The van der Waals surface area contributed by atoms with Gasteiger partial charge in [0.25, 0.3) is 0 Å². The number of rotatable bonds is 4. The maximum atomic E-state index is 10.6. The second-order valence-corrected chi connectivity index (χ2v) is 3.32. The summed E-state index contributed by atoms with van der Waals surface area (Å²) >= 11 is 0. The molecule has 3 N–H and O–H groups in total. The summed E-state index contributed by atoms with van der Waals surface area (Å²) in [6, 6.07) is 8.97. The molecule has 0 saturated heterocycles. The lowest BCUT2D eigenvalue weighted by Gasteiger charge is -2.19. The van der Waals surface area contributed by atoms with Gasteiger partial charge in [-0.05, 0) is 19.1 Å². The van der Waals surface area contributed by atoms with Gasteiger partial charge in [-0.1, -0.05) is 18.2 Å². The van der Waals surface area contributed by atoms with E-state index >= 15 is 0 Å². The number of ether oxygens (including phenoxy) is 1. The molecule has 1 rings (SSSR count). The summed E-state index contributed by atoms with van der Waals surface area (Å²) in [4.78, 5) is 10.6. The first-order chi connectivity index (χ1) is 6.52. The number of nitrogens with two attached hydrogens (primary N) is 1. The number of halogens is 1. The Bertz CT molecular complexity index is 314. The summed E-state index contributed by atoms with van der Waals surface area (Å²) in [5.41, 5.74) is 4.13. The van der Waals surface area contributed by atoms with Gasteiger partial charge in [0.1, 0.15) is 17.9 Å². The van der Waals surface area contributed by atoms with Crippen LogP contribution in [0.5, 0.6) is 5.75 Å². The van der Waals surface area contributed by atoms with Crippen molar-refractivity contribution in [3.8, 4) is 5.75 Å².